The lowest BCUT2D eigenvalue weighted by molar-refractivity contribution is 0.675. The van der Waals surface area contributed by atoms with E-state index in [4.69, 9.17) is 0 Å². The molecule has 0 aliphatic rings. The zero-order chi connectivity index (χ0) is 11.3. The smallest absolute Gasteiger partial charge is 0.0100 e. The standard InChI is InChI=1S/C14H21Br/c1-4-5-14(10-15)13-8-6-12(7-9-13)11(2)3/h6-9,11,14H,4-5,10H2,1-3H3. The molecular formula is C14H21Br. The largest absolute Gasteiger partial charge is 0.0921 e. The minimum atomic E-state index is 0.632. The molecule has 0 bridgehead atoms. The van der Waals surface area contributed by atoms with Gasteiger partial charge in [0.25, 0.3) is 0 Å². The highest BCUT2D eigenvalue weighted by Crippen LogP contribution is 2.25. The topological polar surface area (TPSA) is 0 Å². The summed E-state index contributed by atoms with van der Waals surface area (Å²) in [5, 5.41) is 1.07. The van der Waals surface area contributed by atoms with Crippen LogP contribution in [0.1, 0.15) is 56.6 Å². The highest BCUT2D eigenvalue weighted by Gasteiger charge is 2.09. The van der Waals surface area contributed by atoms with Gasteiger partial charge in [-0.05, 0) is 29.4 Å². The van der Waals surface area contributed by atoms with Crippen molar-refractivity contribution in [3.63, 3.8) is 0 Å². The molecule has 1 rings (SSSR count). The second kappa shape index (κ2) is 6.32. The molecule has 0 aromatic heterocycles. The fourth-order valence-corrected chi connectivity index (χ4v) is 2.53. The Hall–Kier alpha value is -0.300. The molecule has 0 fully saturated rings. The Kier molecular flexibility index (Phi) is 5.38. The van der Waals surface area contributed by atoms with E-state index >= 15 is 0 Å². The third-order valence-corrected chi connectivity index (χ3v) is 3.68. The molecule has 1 atom stereocenters. The van der Waals surface area contributed by atoms with Crippen LogP contribution < -0.4 is 0 Å². The first-order valence-electron chi connectivity index (χ1n) is 5.84. The summed E-state index contributed by atoms with van der Waals surface area (Å²) in [6, 6.07) is 9.12. The molecule has 0 saturated carbocycles. The molecular weight excluding hydrogens is 248 g/mol. The Morgan fingerprint density at radius 1 is 1.07 bits per heavy atom. The molecule has 1 aromatic carbocycles. The first-order chi connectivity index (χ1) is 7.19. The van der Waals surface area contributed by atoms with Crippen molar-refractivity contribution in [2.75, 3.05) is 5.33 Å². The quantitative estimate of drug-likeness (QED) is 0.653. The summed E-state index contributed by atoms with van der Waals surface area (Å²) < 4.78 is 0. The van der Waals surface area contributed by atoms with Crippen LogP contribution in [0.4, 0.5) is 0 Å². The molecule has 0 aliphatic heterocycles. The number of benzene rings is 1. The van der Waals surface area contributed by atoms with Gasteiger partial charge in [-0.3, -0.25) is 0 Å². The van der Waals surface area contributed by atoms with E-state index in [0.717, 1.165) is 5.33 Å². The van der Waals surface area contributed by atoms with Crippen molar-refractivity contribution in [2.45, 2.75) is 45.4 Å². The molecule has 0 saturated heterocycles. The van der Waals surface area contributed by atoms with E-state index in [1.807, 2.05) is 0 Å². The maximum Gasteiger partial charge on any atom is 0.0100 e. The van der Waals surface area contributed by atoms with Crippen LogP contribution in [-0.2, 0) is 0 Å². The highest BCUT2D eigenvalue weighted by molar-refractivity contribution is 9.09. The van der Waals surface area contributed by atoms with E-state index in [9.17, 15) is 0 Å². The van der Waals surface area contributed by atoms with Crippen LogP contribution in [0.3, 0.4) is 0 Å². The summed E-state index contributed by atoms with van der Waals surface area (Å²) >= 11 is 3.60. The second-order valence-electron chi connectivity index (χ2n) is 4.46. The van der Waals surface area contributed by atoms with Crippen LogP contribution in [0.15, 0.2) is 24.3 Å². The predicted octanol–water partition coefficient (Wildman–Crippen LogP) is 5.09. The van der Waals surface area contributed by atoms with Gasteiger partial charge in [0.15, 0.2) is 0 Å². The lowest BCUT2D eigenvalue weighted by Gasteiger charge is -2.14. The zero-order valence-electron chi connectivity index (χ0n) is 9.96. The number of hydrogen-bond acceptors (Lipinski definition) is 0. The van der Waals surface area contributed by atoms with Crippen LogP contribution in [-0.4, -0.2) is 5.33 Å². The van der Waals surface area contributed by atoms with Gasteiger partial charge in [-0.2, -0.15) is 0 Å². The maximum absolute atomic E-state index is 3.60. The monoisotopic (exact) mass is 268 g/mol. The van der Waals surface area contributed by atoms with Crippen molar-refractivity contribution in [3.05, 3.63) is 35.4 Å². The van der Waals surface area contributed by atoms with E-state index in [2.05, 4.69) is 61.0 Å². The Morgan fingerprint density at radius 2 is 1.60 bits per heavy atom. The number of hydrogen-bond donors (Lipinski definition) is 0. The van der Waals surface area contributed by atoms with Crippen LogP contribution in [0.2, 0.25) is 0 Å². The van der Waals surface area contributed by atoms with Gasteiger partial charge in [-0.25, -0.2) is 0 Å². The lowest BCUT2D eigenvalue weighted by Crippen LogP contribution is -2.00. The minimum Gasteiger partial charge on any atom is -0.0921 e. The van der Waals surface area contributed by atoms with Gasteiger partial charge in [0.05, 0.1) is 0 Å². The van der Waals surface area contributed by atoms with Crippen molar-refractivity contribution in [1.29, 1.82) is 0 Å². The van der Waals surface area contributed by atoms with Crippen molar-refractivity contribution < 1.29 is 0 Å². The molecule has 1 heteroatoms. The maximum atomic E-state index is 3.60. The van der Waals surface area contributed by atoms with Crippen LogP contribution in [0.5, 0.6) is 0 Å². The molecule has 0 radical (unpaired) electrons. The van der Waals surface area contributed by atoms with Gasteiger partial charge in [0.2, 0.25) is 0 Å². The Labute approximate surface area is 102 Å². The van der Waals surface area contributed by atoms with E-state index in [1.165, 1.54) is 24.0 Å². The van der Waals surface area contributed by atoms with Gasteiger partial charge in [0.1, 0.15) is 0 Å². The summed E-state index contributed by atoms with van der Waals surface area (Å²) in [4.78, 5) is 0. The number of halogens is 1. The molecule has 0 aliphatic carbocycles. The Bertz CT molecular complexity index is 274. The molecule has 0 spiro atoms. The third-order valence-electron chi connectivity index (χ3n) is 2.90. The third kappa shape index (κ3) is 3.64. The molecule has 0 nitrogen and oxygen atoms in total. The summed E-state index contributed by atoms with van der Waals surface area (Å²) in [5.41, 5.74) is 2.90. The Balaban J connectivity index is 2.77. The van der Waals surface area contributed by atoms with Gasteiger partial charge in [-0.1, -0.05) is 67.4 Å². The normalized spacial score (nSPS) is 13.1. The molecule has 1 unspecified atom stereocenters. The van der Waals surface area contributed by atoms with Crippen LogP contribution >= 0.6 is 15.9 Å². The van der Waals surface area contributed by atoms with Crippen LogP contribution in [0, 0.1) is 0 Å². The zero-order valence-corrected chi connectivity index (χ0v) is 11.5. The van der Waals surface area contributed by atoms with E-state index in [1.54, 1.807) is 0 Å². The molecule has 0 amide bonds. The molecule has 15 heavy (non-hydrogen) atoms. The fraction of sp³-hybridized carbons (Fsp3) is 0.571. The summed E-state index contributed by atoms with van der Waals surface area (Å²) in [5.74, 6) is 1.31. The van der Waals surface area contributed by atoms with Gasteiger partial charge in [-0.15, -0.1) is 0 Å². The van der Waals surface area contributed by atoms with Crippen molar-refractivity contribution in [3.8, 4) is 0 Å². The molecule has 0 heterocycles. The Morgan fingerprint density at radius 3 is 2.00 bits per heavy atom. The molecule has 0 N–H and O–H groups in total. The average Bonchev–Trinajstić information content (AvgIpc) is 2.26. The van der Waals surface area contributed by atoms with Crippen molar-refractivity contribution in [2.24, 2.45) is 0 Å². The van der Waals surface area contributed by atoms with Crippen LogP contribution in [0.25, 0.3) is 0 Å². The average molecular weight is 269 g/mol. The van der Waals surface area contributed by atoms with E-state index in [-0.39, 0.29) is 0 Å². The first kappa shape index (κ1) is 12.8. The van der Waals surface area contributed by atoms with Crippen molar-refractivity contribution in [1.82, 2.24) is 0 Å². The van der Waals surface area contributed by atoms with Gasteiger partial charge in [0, 0.05) is 5.33 Å². The number of rotatable bonds is 5. The lowest BCUT2D eigenvalue weighted by atomic mass is 9.93. The fourth-order valence-electron chi connectivity index (χ4n) is 1.83. The minimum absolute atomic E-state index is 0.632. The van der Waals surface area contributed by atoms with E-state index in [0.29, 0.717) is 11.8 Å². The second-order valence-corrected chi connectivity index (χ2v) is 5.11. The van der Waals surface area contributed by atoms with E-state index < -0.39 is 0 Å². The van der Waals surface area contributed by atoms with Gasteiger partial charge >= 0.3 is 0 Å². The first-order valence-corrected chi connectivity index (χ1v) is 6.97. The molecule has 1 aromatic rings. The highest BCUT2D eigenvalue weighted by atomic mass is 79.9. The summed E-state index contributed by atoms with van der Waals surface area (Å²) in [6.07, 6.45) is 2.52. The SMILES string of the molecule is CCCC(CBr)c1ccc(C(C)C)cc1. The predicted molar refractivity (Wildman–Crippen MR) is 72.0 cm³/mol. The summed E-state index contributed by atoms with van der Waals surface area (Å²) in [7, 11) is 0. The summed E-state index contributed by atoms with van der Waals surface area (Å²) in [6.45, 7) is 6.73. The molecule has 84 valence electrons. The number of alkyl halides is 1. The van der Waals surface area contributed by atoms with Crippen molar-refractivity contribution >= 4 is 15.9 Å². The van der Waals surface area contributed by atoms with Gasteiger partial charge < -0.3 is 0 Å².